The minimum atomic E-state index is -0.180. The van der Waals surface area contributed by atoms with Crippen molar-refractivity contribution < 1.29 is 9.59 Å². The number of aromatic nitrogens is 2. The second-order valence-electron chi connectivity index (χ2n) is 6.56. The first-order chi connectivity index (χ1) is 13.4. The van der Waals surface area contributed by atoms with Crippen LogP contribution in [0.4, 0.5) is 11.4 Å². The number of hydrogen-bond donors (Lipinski definition) is 2. The number of anilines is 2. The molecule has 0 saturated heterocycles. The molecule has 28 heavy (non-hydrogen) atoms. The zero-order chi connectivity index (χ0) is 20.1. The maximum Gasteiger partial charge on any atom is 0.221 e. The number of ketones is 1. The van der Waals surface area contributed by atoms with Crippen molar-refractivity contribution in [2.45, 2.75) is 6.92 Å². The van der Waals surface area contributed by atoms with Gasteiger partial charge in [-0.1, -0.05) is 30.3 Å². The molecule has 0 unspecified atom stereocenters. The van der Waals surface area contributed by atoms with E-state index in [1.807, 2.05) is 61.5 Å². The maximum atomic E-state index is 12.0. The van der Waals surface area contributed by atoms with Crippen molar-refractivity contribution in [3.05, 3.63) is 72.3 Å². The van der Waals surface area contributed by atoms with Gasteiger partial charge < -0.3 is 15.2 Å². The topological polar surface area (TPSA) is 78.1 Å². The van der Waals surface area contributed by atoms with E-state index in [2.05, 4.69) is 15.3 Å². The van der Waals surface area contributed by atoms with E-state index >= 15 is 0 Å². The fraction of sp³-hybridized carbons (Fsp3) is 0.136. The summed E-state index contributed by atoms with van der Waals surface area (Å²) in [5, 5.41) is 2.88. The molecule has 0 aliphatic carbocycles. The highest BCUT2D eigenvalue weighted by Gasteiger charge is 2.09. The summed E-state index contributed by atoms with van der Waals surface area (Å²) in [6, 6.07) is 13.7. The Balaban J connectivity index is 1.87. The molecular formula is C22H22N4O2. The number of nitrogens with zero attached hydrogens (tertiary/aromatic N) is 2. The van der Waals surface area contributed by atoms with E-state index in [-0.39, 0.29) is 11.7 Å². The first-order valence-corrected chi connectivity index (χ1v) is 8.85. The van der Waals surface area contributed by atoms with Crippen LogP contribution in [0, 0.1) is 0 Å². The summed E-state index contributed by atoms with van der Waals surface area (Å²) in [4.78, 5) is 32.3. The Labute approximate surface area is 163 Å². The third kappa shape index (κ3) is 4.54. The molecule has 3 rings (SSSR count). The lowest BCUT2D eigenvalue weighted by Gasteiger charge is -2.17. The average Bonchev–Trinajstić information content (AvgIpc) is 3.21. The first kappa shape index (κ1) is 19.1. The number of rotatable bonds is 6. The second kappa shape index (κ2) is 8.35. The Morgan fingerprint density at radius 1 is 1.11 bits per heavy atom. The Bertz CT molecular complexity index is 1000. The molecule has 2 N–H and O–H groups in total. The molecule has 0 radical (unpaired) electrons. The van der Waals surface area contributed by atoms with E-state index in [0.29, 0.717) is 5.82 Å². The quantitative estimate of drug-likeness (QED) is 0.505. The van der Waals surface area contributed by atoms with Crippen LogP contribution in [0.3, 0.4) is 0 Å². The Hall–Kier alpha value is -3.67. The van der Waals surface area contributed by atoms with Gasteiger partial charge in [-0.25, -0.2) is 4.98 Å². The molecule has 3 aromatic rings. The number of carbonyl (C=O) groups is 2. The minimum Gasteiger partial charge on any atom is -0.378 e. The van der Waals surface area contributed by atoms with Crippen molar-refractivity contribution in [1.82, 2.24) is 9.97 Å². The lowest BCUT2D eigenvalue weighted by molar-refractivity contribution is -0.114. The number of benzene rings is 2. The summed E-state index contributed by atoms with van der Waals surface area (Å²) in [6.07, 6.45) is 6.40. The van der Waals surface area contributed by atoms with Crippen LogP contribution < -0.4 is 10.2 Å². The van der Waals surface area contributed by atoms with E-state index in [4.69, 9.17) is 0 Å². The highest BCUT2D eigenvalue weighted by Crippen LogP contribution is 2.32. The summed E-state index contributed by atoms with van der Waals surface area (Å²) in [5.74, 6) is 0.0175. The number of carbonyl (C=O) groups excluding carboxylic acids is 2. The SMILES string of the molecule is CC(=O)Nc1ccc(N(C)C)cc1-c1ccc(/C=C/C(=O)c2ncc[nH]2)cc1. The van der Waals surface area contributed by atoms with Crippen LogP contribution in [0.2, 0.25) is 0 Å². The summed E-state index contributed by atoms with van der Waals surface area (Å²) in [6.45, 7) is 1.49. The van der Waals surface area contributed by atoms with Crippen LogP contribution >= 0.6 is 0 Å². The molecule has 0 bridgehead atoms. The maximum absolute atomic E-state index is 12.0. The fourth-order valence-electron chi connectivity index (χ4n) is 2.77. The van der Waals surface area contributed by atoms with Gasteiger partial charge in [-0.2, -0.15) is 0 Å². The normalized spacial score (nSPS) is 10.8. The smallest absolute Gasteiger partial charge is 0.221 e. The molecule has 1 amide bonds. The molecule has 0 fully saturated rings. The molecule has 6 nitrogen and oxygen atoms in total. The third-order valence-electron chi connectivity index (χ3n) is 4.21. The van der Waals surface area contributed by atoms with E-state index in [1.54, 1.807) is 18.5 Å². The van der Waals surface area contributed by atoms with Crippen LogP contribution in [0.25, 0.3) is 17.2 Å². The van der Waals surface area contributed by atoms with Gasteiger partial charge in [0.05, 0.1) is 0 Å². The summed E-state index contributed by atoms with van der Waals surface area (Å²) in [7, 11) is 3.95. The number of amides is 1. The van der Waals surface area contributed by atoms with Gasteiger partial charge in [-0.3, -0.25) is 9.59 Å². The van der Waals surface area contributed by atoms with E-state index in [1.165, 1.54) is 13.0 Å². The van der Waals surface area contributed by atoms with Gasteiger partial charge in [0, 0.05) is 50.4 Å². The first-order valence-electron chi connectivity index (χ1n) is 8.85. The second-order valence-corrected chi connectivity index (χ2v) is 6.56. The standard InChI is InChI=1S/C22H22N4O2/c1-15(27)25-20-10-9-18(26(2)3)14-19(20)17-7-4-16(5-8-17)6-11-21(28)22-23-12-13-24-22/h4-14H,1-3H3,(H,23,24)(H,25,27)/b11-6+. The number of hydrogen-bond acceptors (Lipinski definition) is 4. The third-order valence-corrected chi connectivity index (χ3v) is 4.21. The number of H-pyrrole nitrogens is 1. The van der Waals surface area contributed by atoms with Crippen molar-refractivity contribution in [2.24, 2.45) is 0 Å². The monoisotopic (exact) mass is 374 g/mol. The van der Waals surface area contributed by atoms with Crippen LogP contribution in [0.15, 0.2) is 60.9 Å². The largest absolute Gasteiger partial charge is 0.378 e. The molecular weight excluding hydrogens is 352 g/mol. The molecule has 2 aromatic carbocycles. The number of allylic oxidation sites excluding steroid dienone is 1. The molecule has 0 atom stereocenters. The highest BCUT2D eigenvalue weighted by molar-refractivity contribution is 6.04. The Morgan fingerprint density at radius 3 is 2.46 bits per heavy atom. The molecule has 142 valence electrons. The fourth-order valence-corrected chi connectivity index (χ4v) is 2.77. The predicted molar refractivity (Wildman–Crippen MR) is 112 cm³/mol. The highest BCUT2D eigenvalue weighted by atomic mass is 16.1. The summed E-state index contributed by atoms with van der Waals surface area (Å²) >= 11 is 0. The molecule has 0 saturated carbocycles. The van der Waals surface area contributed by atoms with Gasteiger partial charge >= 0.3 is 0 Å². The summed E-state index contributed by atoms with van der Waals surface area (Å²) in [5.41, 5.74) is 4.60. The zero-order valence-corrected chi connectivity index (χ0v) is 16.1. The number of aromatic amines is 1. The molecule has 1 heterocycles. The summed E-state index contributed by atoms with van der Waals surface area (Å²) < 4.78 is 0. The zero-order valence-electron chi connectivity index (χ0n) is 16.1. The minimum absolute atomic E-state index is 0.116. The van der Waals surface area contributed by atoms with Crippen LogP contribution in [0.1, 0.15) is 23.1 Å². The van der Waals surface area contributed by atoms with Crippen LogP contribution in [-0.4, -0.2) is 35.8 Å². The van der Waals surface area contributed by atoms with Crippen LogP contribution in [0.5, 0.6) is 0 Å². The Kier molecular flexibility index (Phi) is 5.69. The lowest BCUT2D eigenvalue weighted by Crippen LogP contribution is -2.10. The molecule has 0 aliphatic rings. The van der Waals surface area contributed by atoms with Gasteiger partial charge in [0.25, 0.3) is 0 Å². The molecule has 0 spiro atoms. The van der Waals surface area contributed by atoms with Crippen LogP contribution in [-0.2, 0) is 4.79 Å². The lowest BCUT2D eigenvalue weighted by atomic mass is 10.0. The molecule has 0 aliphatic heterocycles. The van der Waals surface area contributed by atoms with E-state index in [9.17, 15) is 9.59 Å². The van der Waals surface area contributed by atoms with Crippen molar-refractivity contribution in [1.29, 1.82) is 0 Å². The number of imidazole rings is 1. The van der Waals surface area contributed by atoms with E-state index in [0.717, 1.165) is 28.1 Å². The van der Waals surface area contributed by atoms with Crippen molar-refractivity contribution in [3.63, 3.8) is 0 Å². The van der Waals surface area contributed by atoms with Crippen molar-refractivity contribution in [3.8, 4) is 11.1 Å². The van der Waals surface area contributed by atoms with Gasteiger partial charge in [0.2, 0.25) is 11.7 Å². The van der Waals surface area contributed by atoms with Gasteiger partial charge in [-0.05, 0) is 35.4 Å². The average molecular weight is 374 g/mol. The predicted octanol–water partition coefficient (Wildman–Crippen LogP) is 4.00. The Morgan fingerprint density at radius 2 is 1.86 bits per heavy atom. The molecule has 1 aromatic heterocycles. The van der Waals surface area contributed by atoms with Crippen molar-refractivity contribution in [2.75, 3.05) is 24.3 Å². The van der Waals surface area contributed by atoms with Gasteiger partial charge in [-0.15, -0.1) is 0 Å². The van der Waals surface area contributed by atoms with Gasteiger partial charge in [0.15, 0.2) is 5.82 Å². The van der Waals surface area contributed by atoms with Gasteiger partial charge in [0.1, 0.15) is 0 Å². The van der Waals surface area contributed by atoms with E-state index < -0.39 is 0 Å². The molecule has 6 heteroatoms. The van der Waals surface area contributed by atoms with Crippen molar-refractivity contribution >= 4 is 29.1 Å². The number of nitrogens with one attached hydrogen (secondary N) is 2.